The number of allylic oxidation sites excluding steroid dienone is 1. The first-order valence-corrected chi connectivity index (χ1v) is 19.2. The van der Waals surface area contributed by atoms with E-state index in [4.69, 9.17) is 5.73 Å². The molecule has 0 aliphatic carbocycles. The smallest absolute Gasteiger partial charge is 0.326 e. The summed E-state index contributed by atoms with van der Waals surface area (Å²) < 4.78 is 0. The highest BCUT2D eigenvalue weighted by Gasteiger charge is 2.38. The number of nitrogens with two attached hydrogens (primary N) is 1. The minimum Gasteiger partial charge on any atom is -0.480 e. The molecule has 1 heterocycles. The van der Waals surface area contributed by atoms with Gasteiger partial charge in [-0.25, -0.2) is 4.79 Å². The number of carbonyl (C=O) groups is 7. The zero-order chi connectivity index (χ0) is 41.6. The van der Waals surface area contributed by atoms with Crippen LogP contribution in [-0.2, 0) is 33.6 Å². The maximum absolute atomic E-state index is 13.8. The fourth-order valence-corrected chi connectivity index (χ4v) is 6.13. The van der Waals surface area contributed by atoms with E-state index in [9.17, 15) is 43.8 Å². The zero-order valence-electron chi connectivity index (χ0n) is 33.9. The van der Waals surface area contributed by atoms with Crippen molar-refractivity contribution in [1.82, 2.24) is 31.1 Å². The van der Waals surface area contributed by atoms with Crippen LogP contribution in [0.1, 0.15) is 101 Å². The van der Waals surface area contributed by atoms with Crippen molar-refractivity contribution in [3.63, 3.8) is 0 Å². The Balaban J connectivity index is 3.19. The minimum absolute atomic E-state index is 0.0742. The molecule has 1 aliphatic heterocycles. The van der Waals surface area contributed by atoms with E-state index in [1.54, 1.807) is 33.8 Å². The topological polar surface area (TPSA) is 241 Å². The molecule has 1 aliphatic rings. The summed E-state index contributed by atoms with van der Waals surface area (Å²) in [4.78, 5) is 95.2. The molecule has 0 aromatic rings. The molecule has 6 amide bonds. The van der Waals surface area contributed by atoms with Crippen LogP contribution in [0.5, 0.6) is 0 Å². The van der Waals surface area contributed by atoms with Crippen LogP contribution >= 0.6 is 0 Å². The van der Waals surface area contributed by atoms with Crippen molar-refractivity contribution in [1.29, 1.82) is 0 Å². The summed E-state index contributed by atoms with van der Waals surface area (Å²) in [6, 6.07) is -7.71. The fraction of sp³-hybridized carbons (Fsp3) is 0.763. The van der Waals surface area contributed by atoms with Crippen molar-refractivity contribution < 1.29 is 43.8 Å². The molecule has 0 radical (unpaired) electrons. The van der Waals surface area contributed by atoms with E-state index in [1.165, 1.54) is 30.7 Å². The first-order chi connectivity index (χ1) is 25.1. The highest BCUT2D eigenvalue weighted by atomic mass is 16.4. The van der Waals surface area contributed by atoms with Gasteiger partial charge in [0.2, 0.25) is 35.4 Å². The average Bonchev–Trinajstić information content (AvgIpc) is 3.13. The van der Waals surface area contributed by atoms with Gasteiger partial charge in [0, 0.05) is 13.6 Å². The second-order valence-electron chi connectivity index (χ2n) is 15.6. The summed E-state index contributed by atoms with van der Waals surface area (Å²) in [5.41, 5.74) is 5.97. The number of aliphatic hydroxyl groups is 1. The van der Waals surface area contributed by atoms with Crippen molar-refractivity contribution in [3.05, 3.63) is 12.7 Å². The number of aliphatic carboxylic acids is 1. The Hall–Kier alpha value is -4.05. The third-order valence-electron chi connectivity index (χ3n) is 10.2. The van der Waals surface area contributed by atoms with Crippen LogP contribution < -0.4 is 27.0 Å². The Kier molecular flexibility index (Phi) is 19.9. The summed E-state index contributed by atoms with van der Waals surface area (Å²) in [6.45, 7) is 19.5. The van der Waals surface area contributed by atoms with Crippen molar-refractivity contribution in [2.45, 2.75) is 149 Å². The number of piperidine rings is 1. The molecule has 0 spiro atoms. The van der Waals surface area contributed by atoms with E-state index < -0.39 is 89.8 Å². The highest BCUT2D eigenvalue weighted by Crippen LogP contribution is 2.19. The molecule has 0 bridgehead atoms. The zero-order valence-corrected chi connectivity index (χ0v) is 33.9. The number of likely N-dealkylation sites (N-methyl/N-ethyl adjacent to an activating group) is 1. The van der Waals surface area contributed by atoms with Gasteiger partial charge in [-0.3, -0.25) is 28.8 Å². The molecule has 16 heteroatoms. The molecule has 10 atom stereocenters. The molecule has 0 aromatic carbocycles. The quantitative estimate of drug-likeness (QED) is 0.0815. The lowest BCUT2D eigenvalue weighted by Crippen LogP contribution is -2.61. The van der Waals surface area contributed by atoms with E-state index in [1.807, 2.05) is 20.8 Å². The predicted octanol–water partition coefficient (Wildman–Crippen LogP) is 0.907. The Morgan fingerprint density at radius 2 is 1.41 bits per heavy atom. The van der Waals surface area contributed by atoms with Gasteiger partial charge in [-0.15, -0.1) is 6.58 Å². The van der Waals surface area contributed by atoms with Crippen LogP contribution in [0.15, 0.2) is 12.7 Å². The van der Waals surface area contributed by atoms with Gasteiger partial charge >= 0.3 is 5.97 Å². The number of likely N-dealkylation sites (tertiary alicyclic amines) is 1. The van der Waals surface area contributed by atoms with Gasteiger partial charge in [0.15, 0.2) is 0 Å². The first kappa shape index (κ1) is 48.0. The summed E-state index contributed by atoms with van der Waals surface area (Å²) >= 11 is 0. The molecule has 16 nitrogen and oxygen atoms in total. The highest BCUT2D eigenvalue weighted by molar-refractivity contribution is 5.97. The Bertz CT molecular complexity index is 1330. The standard InChI is InChI=1S/C38H67N7O9/c1-12-22(7)19-27(33(48)40-24(9)36(51)45-17-15-14-16-28(45)38(53)54)42-34(49)26(18-20(3)4)41-32(47)25(10)44(11)37(52)30(23(8)13-2)43-35(50)29(39)31(46)21(5)6/h12,20-31,46H,1,13-19,39H2,2-11H3,(H,40,48)(H,41,47)(H,42,49)(H,43,50)(H,53,54)/t22-,23-,24-,25-,26-,27-,28+,29?,30?,31+/m0/s1. The number of rotatable bonds is 21. The number of carboxylic acids is 1. The predicted molar refractivity (Wildman–Crippen MR) is 204 cm³/mol. The number of nitrogens with one attached hydrogen (secondary N) is 4. The summed E-state index contributed by atoms with van der Waals surface area (Å²) in [7, 11) is 1.41. The summed E-state index contributed by atoms with van der Waals surface area (Å²) in [5, 5.41) is 30.7. The van der Waals surface area contributed by atoms with E-state index >= 15 is 0 Å². The van der Waals surface area contributed by atoms with Gasteiger partial charge in [-0.05, 0) is 69.6 Å². The number of nitrogens with zero attached hydrogens (tertiary/aromatic N) is 2. The van der Waals surface area contributed by atoms with Crippen LogP contribution in [0.3, 0.4) is 0 Å². The summed E-state index contributed by atoms with van der Waals surface area (Å²) in [6.07, 6.45) is 2.94. The summed E-state index contributed by atoms with van der Waals surface area (Å²) in [5.74, 6) is -5.83. The molecule has 1 rings (SSSR count). The molecule has 308 valence electrons. The van der Waals surface area contributed by atoms with Gasteiger partial charge in [-0.1, -0.05) is 61.0 Å². The maximum Gasteiger partial charge on any atom is 0.326 e. The molecule has 8 N–H and O–H groups in total. The van der Waals surface area contributed by atoms with Crippen molar-refractivity contribution in [2.24, 2.45) is 29.4 Å². The molecular formula is C38H67N7O9. The van der Waals surface area contributed by atoms with Gasteiger partial charge in [0.05, 0.1) is 6.10 Å². The number of hydrogen-bond acceptors (Lipinski definition) is 9. The maximum atomic E-state index is 13.8. The molecule has 54 heavy (non-hydrogen) atoms. The Morgan fingerprint density at radius 1 is 0.852 bits per heavy atom. The van der Waals surface area contributed by atoms with Gasteiger partial charge < -0.3 is 47.0 Å². The second-order valence-corrected chi connectivity index (χ2v) is 15.6. The monoisotopic (exact) mass is 766 g/mol. The van der Waals surface area contributed by atoms with Crippen LogP contribution in [0.2, 0.25) is 0 Å². The Morgan fingerprint density at radius 3 is 1.93 bits per heavy atom. The van der Waals surface area contributed by atoms with E-state index in [0.717, 1.165) is 0 Å². The van der Waals surface area contributed by atoms with Crippen LogP contribution in [0, 0.1) is 23.7 Å². The van der Waals surface area contributed by atoms with E-state index in [0.29, 0.717) is 25.7 Å². The van der Waals surface area contributed by atoms with Crippen molar-refractivity contribution >= 4 is 41.4 Å². The van der Waals surface area contributed by atoms with Crippen LogP contribution in [-0.4, -0.2) is 123 Å². The number of carbonyl (C=O) groups excluding carboxylic acids is 6. The van der Waals surface area contributed by atoms with Gasteiger partial charge in [0.25, 0.3) is 0 Å². The lowest BCUT2D eigenvalue weighted by Gasteiger charge is -2.35. The van der Waals surface area contributed by atoms with Gasteiger partial charge in [-0.2, -0.15) is 0 Å². The second kappa shape index (κ2) is 22.4. The van der Waals surface area contributed by atoms with E-state index in [2.05, 4.69) is 27.8 Å². The SMILES string of the molecule is C=C[C@H](C)C[C@H](NC(=O)[C@H](CC(C)C)NC(=O)[C@H](C)N(C)C(=O)C(NC(=O)C(N)[C@H](O)C(C)C)[C@@H](C)CC)C(=O)N[C@@H](C)C(=O)N1CCCC[C@@H]1C(=O)O. The molecule has 1 fully saturated rings. The molecule has 0 saturated carbocycles. The molecule has 0 aromatic heterocycles. The number of aliphatic hydroxyl groups excluding tert-OH is 1. The average molecular weight is 766 g/mol. The van der Waals surface area contributed by atoms with Gasteiger partial charge in [0.1, 0.15) is 42.3 Å². The number of amides is 6. The largest absolute Gasteiger partial charge is 0.480 e. The third-order valence-corrected chi connectivity index (χ3v) is 10.2. The number of carboxylic acid groups (broad SMARTS) is 1. The lowest BCUT2D eigenvalue weighted by atomic mass is 9.95. The molecule has 1 saturated heterocycles. The minimum atomic E-state index is -1.27. The van der Waals surface area contributed by atoms with Crippen molar-refractivity contribution in [2.75, 3.05) is 13.6 Å². The van der Waals surface area contributed by atoms with Crippen LogP contribution in [0.4, 0.5) is 0 Å². The first-order valence-electron chi connectivity index (χ1n) is 19.2. The Labute approximate surface area is 320 Å². The number of hydrogen-bond donors (Lipinski definition) is 7. The molecular weight excluding hydrogens is 698 g/mol. The van der Waals surface area contributed by atoms with E-state index in [-0.39, 0.29) is 43.1 Å². The van der Waals surface area contributed by atoms with Crippen molar-refractivity contribution in [3.8, 4) is 0 Å². The molecule has 2 unspecified atom stereocenters. The third kappa shape index (κ3) is 14.0. The fourth-order valence-electron chi connectivity index (χ4n) is 6.13. The lowest BCUT2D eigenvalue weighted by molar-refractivity contribution is -0.153. The normalized spacial score (nSPS) is 19.5. The van der Waals surface area contributed by atoms with Crippen LogP contribution in [0.25, 0.3) is 0 Å².